The molecule has 4 fully saturated rings. The molecule has 2 aromatic carbocycles. The summed E-state index contributed by atoms with van der Waals surface area (Å²) >= 11 is 0. The lowest BCUT2D eigenvalue weighted by Crippen LogP contribution is -2.65. The maximum Gasteiger partial charge on any atom is 0.426 e. The van der Waals surface area contributed by atoms with E-state index in [4.69, 9.17) is 4.74 Å². The lowest BCUT2D eigenvalue weighted by molar-refractivity contribution is -0.228. The van der Waals surface area contributed by atoms with Crippen LogP contribution in [0.5, 0.6) is 5.75 Å². The second-order valence-corrected chi connectivity index (χ2v) is 13.0. The van der Waals surface area contributed by atoms with Crippen LogP contribution in [-0.4, -0.2) is 47.3 Å². The Hall–Kier alpha value is -3.17. The van der Waals surface area contributed by atoms with E-state index in [-0.39, 0.29) is 18.3 Å². The number of aliphatic carboxylic acids is 1. The van der Waals surface area contributed by atoms with Gasteiger partial charge in [0.15, 0.2) is 0 Å². The average Bonchev–Trinajstić information content (AvgIpc) is 2.97. The molecule has 3 unspecified atom stereocenters. The molecule has 2 aromatic rings. The summed E-state index contributed by atoms with van der Waals surface area (Å²) in [7, 11) is 0. The first-order valence-electron chi connectivity index (χ1n) is 14.6. The fourth-order valence-corrected chi connectivity index (χ4v) is 8.07. The van der Waals surface area contributed by atoms with Gasteiger partial charge in [-0.1, -0.05) is 24.3 Å². The Labute approximate surface area is 241 Å². The Bertz CT molecular complexity index is 1380. The molecule has 10 heteroatoms. The highest BCUT2D eigenvalue weighted by molar-refractivity contribution is 5.85. The molecule has 5 aliphatic rings. The number of benzene rings is 2. The lowest BCUT2D eigenvalue weighted by atomic mass is 9.53. The number of carbonyl (C=O) groups is 2. The second-order valence-electron chi connectivity index (χ2n) is 13.0. The molecular formula is C32H34F5NO4. The van der Waals surface area contributed by atoms with Crippen molar-refractivity contribution in [2.45, 2.75) is 88.0 Å². The second kappa shape index (κ2) is 9.67. The van der Waals surface area contributed by atoms with Crippen molar-refractivity contribution in [2.24, 2.45) is 10.8 Å². The Morgan fingerprint density at radius 2 is 1.57 bits per heavy atom. The molecule has 1 N–H and O–H groups in total. The van der Waals surface area contributed by atoms with Crippen molar-refractivity contribution < 1.29 is 41.4 Å². The van der Waals surface area contributed by atoms with Gasteiger partial charge in [0.2, 0.25) is 11.6 Å². The number of piperidine rings is 1. The molecule has 3 saturated carbocycles. The number of likely N-dealkylation sites (tertiary alicyclic amines) is 1. The monoisotopic (exact) mass is 591 g/mol. The van der Waals surface area contributed by atoms with Crippen LogP contribution in [0.4, 0.5) is 22.0 Å². The van der Waals surface area contributed by atoms with E-state index < -0.39 is 51.5 Å². The highest BCUT2D eigenvalue weighted by Gasteiger charge is 2.60. The van der Waals surface area contributed by atoms with Gasteiger partial charge in [-0.25, -0.2) is 8.78 Å². The minimum absolute atomic E-state index is 0.0214. The van der Waals surface area contributed by atoms with Crippen LogP contribution in [0.1, 0.15) is 75.0 Å². The van der Waals surface area contributed by atoms with Crippen molar-refractivity contribution in [1.29, 1.82) is 0 Å². The van der Waals surface area contributed by atoms with E-state index in [1.807, 2.05) is 4.90 Å². The number of nitrogens with zero attached hydrogens (tertiary/aromatic N) is 1. The van der Waals surface area contributed by atoms with E-state index in [1.54, 1.807) is 12.1 Å². The first-order chi connectivity index (χ1) is 19.7. The average molecular weight is 592 g/mol. The molecule has 2 aliphatic heterocycles. The van der Waals surface area contributed by atoms with E-state index in [1.165, 1.54) is 18.2 Å². The van der Waals surface area contributed by atoms with Gasteiger partial charge in [0.05, 0.1) is 11.5 Å². The predicted molar refractivity (Wildman–Crippen MR) is 143 cm³/mol. The zero-order valence-corrected chi connectivity index (χ0v) is 23.4. The molecule has 5 nitrogen and oxygen atoms in total. The van der Waals surface area contributed by atoms with E-state index in [0.717, 1.165) is 17.7 Å². The molecule has 0 spiro atoms. The summed E-state index contributed by atoms with van der Waals surface area (Å²) in [5, 5.41) is 9.82. The van der Waals surface area contributed by atoms with E-state index in [0.29, 0.717) is 76.8 Å². The summed E-state index contributed by atoms with van der Waals surface area (Å²) in [4.78, 5) is 28.2. The first kappa shape index (κ1) is 28.9. The number of carboxylic acids is 1. The third-order valence-electron chi connectivity index (χ3n) is 10.9. The van der Waals surface area contributed by atoms with Crippen LogP contribution in [0.15, 0.2) is 42.5 Å². The van der Waals surface area contributed by atoms with E-state index in [2.05, 4.69) is 0 Å². The summed E-state index contributed by atoms with van der Waals surface area (Å²) in [6.07, 6.45) is -0.629. The summed E-state index contributed by atoms with van der Waals surface area (Å²) in [6, 6.07) is 9.36. The smallest absolute Gasteiger partial charge is 0.426 e. The molecule has 2 bridgehead atoms. The van der Waals surface area contributed by atoms with Gasteiger partial charge in [-0.15, -0.1) is 0 Å². The molecule has 3 atom stereocenters. The quantitative estimate of drug-likeness (QED) is 0.386. The number of hydrogen-bond donors (Lipinski definition) is 1. The fraction of sp³-hybridized carbons (Fsp3) is 0.562. The lowest BCUT2D eigenvalue weighted by Gasteiger charge is -2.57. The molecule has 1 saturated heterocycles. The number of hydrogen-bond acceptors (Lipinski definition) is 3. The number of rotatable bonds is 5. The topological polar surface area (TPSA) is 66.8 Å². The summed E-state index contributed by atoms with van der Waals surface area (Å²) in [6.45, 7) is 0.990. The van der Waals surface area contributed by atoms with Crippen LogP contribution in [-0.2, 0) is 27.1 Å². The van der Waals surface area contributed by atoms with Gasteiger partial charge >= 0.3 is 12.1 Å². The summed E-state index contributed by atoms with van der Waals surface area (Å²) in [5.74, 6) is -1.06. The zero-order valence-electron chi connectivity index (χ0n) is 23.4. The zero-order chi connectivity index (χ0) is 30.1. The number of fused-ring (bicyclic) bond motifs is 6. The van der Waals surface area contributed by atoms with Crippen LogP contribution < -0.4 is 4.74 Å². The van der Waals surface area contributed by atoms with Crippen LogP contribution >= 0.6 is 0 Å². The first-order valence-corrected chi connectivity index (χ1v) is 14.6. The molecule has 42 heavy (non-hydrogen) atoms. The van der Waals surface area contributed by atoms with Crippen molar-refractivity contribution in [3.05, 3.63) is 65.0 Å². The molecule has 226 valence electrons. The minimum Gasteiger partial charge on any atom is -0.491 e. The highest BCUT2D eigenvalue weighted by atomic mass is 19.4. The maximum absolute atomic E-state index is 14.9. The molecule has 3 aliphatic carbocycles. The normalized spacial score (nSPS) is 31.9. The van der Waals surface area contributed by atoms with E-state index >= 15 is 0 Å². The molecule has 7 rings (SSSR count). The fourth-order valence-electron chi connectivity index (χ4n) is 8.07. The maximum atomic E-state index is 14.9. The van der Waals surface area contributed by atoms with Crippen LogP contribution in [0, 0.1) is 16.6 Å². The third-order valence-corrected chi connectivity index (χ3v) is 10.9. The molecule has 0 aromatic heterocycles. The van der Waals surface area contributed by atoms with Gasteiger partial charge in [0.25, 0.3) is 0 Å². The Kier molecular flexibility index (Phi) is 6.66. The number of carbonyl (C=O) groups excluding carboxylic acids is 1. The predicted octanol–water partition coefficient (Wildman–Crippen LogP) is 6.86. The SMILES string of the molecule is CC(F)(c1ccc2c(c1)OCC1N(C(=O)C34CCC(C(=O)O)(CC3)CC4)CCCC21Cc1ccc(F)cc1)C(F)(F)F. The van der Waals surface area contributed by atoms with Gasteiger partial charge < -0.3 is 14.7 Å². The summed E-state index contributed by atoms with van der Waals surface area (Å²) < 4.78 is 75.4. The number of alkyl halides is 4. The minimum atomic E-state index is -5.12. The number of ether oxygens (including phenoxy) is 1. The largest absolute Gasteiger partial charge is 0.491 e. The summed E-state index contributed by atoms with van der Waals surface area (Å²) in [5.41, 5.74) is -4.89. The Morgan fingerprint density at radius 3 is 2.17 bits per heavy atom. The van der Waals surface area contributed by atoms with Crippen molar-refractivity contribution in [1.82, 2.24) is 4.90 Å². The third kappa shape index (κ3) is 4.30. The standard InChI is InChI=1S/C32H34F5NO4/c1-28(34,32(35,36)37)21-5-8-23-24(17-21)42-19-25-31(23,18-20-3-6-22(33)7-4-20)9-2-16-38(25)26(39)29-10-13-30(14-11-29,15-12-29)27(40)41/h3-8,17,25H,2,9-16,18-19H2,1H3,(H,40,41). The number of halogens is 5. The number of amides is 1. The van der Waals surface area contributed by atoms with Crippen molar-refractivity contribution in [2.75, 3.05) is 13.2 Å². The molecular weight excluding hydrogens is 557 g/mol. The Balaban J connectivity index is 1.39. The van der Waals surface area contributed by atoms with Gasteiger partial charge in [-0.05, 0) is 88.5 Å². The molecule has 1 amide bonds. The van der Waals surface area contributed by atoms with Crippen molar-refractivity contribution in [3.8, 4) is 5.75 Å². The number of carboxylic acid groups (broad SMARTS) is 1. The Morgan fingerprint density at radius 1 is 0.952 bits per heavy atom. The molecule has 0 radical (unpaired) electrons. The molecule has 2 heterocycles. The van der Waals surface area contributed by atoms with Crippen molar-refractivity contribution in [3.63, 3.8) is 0 Å². The van der Waals surface area contributed by atoms with Crippen molar-refractivity contribution >= 4 is 11.9 Å². The van der Waals surface area contributed by atoms with Gasteiger partial charge in [-0.2, -0.15) is 13.2 Å². The van der Waals surface area contributed by atoms with Crippen LogP contribution in [0.3, 0.4) is 0 Å². The van der Waals surface area contributed by atoms with Crippen LogP contribution in [0.25, 0.3) is 0 Å². The van der Waals surface area contributed by atoms with Gasteiger partial charge in [-0.3, -0.25) is 9.59 Å². The van der Waals surface area contributed by atoms with Crippen LogP contribution in [0.2, 0.25) is 0 Å². The van der Waals surface area contributed by atoms with Gasteiger partial charge in [0.1, 0.15) is 18.2 Å². The van der Waals surface area contributed by atoms with Gasteiger partial charge in [0, 0.05) is 28.5 Å². The van der Waals surface area contributed by atoms with E-state index in [9.17, 15) is 36.6 Å². The highest BCUT2D eigenvalue weighted by Crippen LogP contribution is 2.59.